The van der Waals surface area contributed by atoms with Crippen molar-refractivity contribution in [2.75, 3.05) is 56.9 Å². The van der Waals surface area contributed by atoms with E-state index in [9.17, 15) is 4.79 Å². The smallest absolute Gasteiger partial charge is 0.255 e. The molecule has 4 rings (SSSR count). The van der Waals surface area contributed by atoms with Crippen LogP contribution >= 0.6 is 0 Å². The lowest BCUT2D eigenvalue weighted by Crippen LogP contribution is -2.29. The number of hydrogen-bond acceptors (Lipinski definition) is 9. The van der Waals surface area contributed by atoms with E-state index in [1.807, 2.05) is 63.3 Å². The van der Waals surface area contributed by atoms with Crippen LogP contribution in [0.4, 0.5) is 23.1 Å². The standard InChI is InChI=1S/C30H38N8O2/c1-19-9-10-20(28(39)35-23-16-21(30(2,3)4)11-12-25(23)40-8)15-22(19)34-27-26-24(32-18-33-27)17-31-29(36-26)38(7)14-13-37(5)6/h9-12,15-18H,13-14H2,1-8H3,(H,35,39)(H,32,33,34). The minimum Gasteiger partial charge on any atom is -0.495 e. The topological polar surface area (TPSA) is 108 Å². The van der Waals surface area contributed by atoms with Gasteiger partial charge in [0.25, 0.3) is 5.91 Å². The number of nitrogens with one attached hydrogen (secondary N) is 2. The SMILES string of the molecule is COc1ccc(C(C)(C)C)cc1NC(=O)c1ccc(C)c(Nc2ncnc3cnc(N(C)CCN(C)C)nc23)c1. The molecule has 2 heterocycles. The number of nitrogens with zero attached hydrogens (tertiary/aromatic N) is 6. The number of anilines is 4. The van der Waals surface area contributed by atoms with Crippen LogP contribution in [0.1, 0.15) is 42.3 Å². The molecule has 0 saturated heterocycles. The van der Waals surface area contributed by atoms with Crippen LogP contribution in [0, 0.1) is 6.92 Å². The van der Waals surface area contributed by atoms with Crippen molar-refractivity contribution in [1.29, 1.82) is 0 Å². The molecular weight excluding hydrogens is 504 g/mol. The Bertz CT molecular complexity index is 1510. The molecule has 10 heteroatoms. The number of carbonyl (C=O) groups is 1. The number of aryl methyl sites for hydroxylation is 1. The number of aromatic nitrogens is 4. The highest BCUT2D eigenvalue weighted by molar-refractivity contribution is 6.06. The van der Waals surface area contributed by atoms with E-state index in [1.165, 1.54) is 6.33 Å². The minimum absolute atomic E-state index is 0.0718. The van der Waals surface area contributed by atoms with Crippen molar-refractivity contribution in [3.63, 3.8) is 0 Å². The Labute approximate surface area is 235 Å². The van der Waals surface area contributed by atoms with Crippen LogP contribution in [0.5, 0.6) is 5.75 Å². The Kier molecular flexibility index (Phi) is 8.49. The second-order valence-corrected chi connectivity index (χ2v) is 11.1. The van der Waals surface area contributed by atoms with Gasteiger partial charge in [-0.05, 0) is 61.8 Å². The summed E-state index contributed by atoms with van der Waals surface area (Å²) in [5.41, 5.74) is 5.06. The summed E-state index contributed by atoms with van der Waals surface area (Å²) in [4.78, 5) is 35.5. The Morgan fingerprint density at radius 3 is 2.45 bits per heavy atom. The molecule has 0 aliphatic carbocycles. The van der Waals surface area contributed by atoms with Gasteiger partial charge < -0.3 is 25.2 Å². The fourth-order valence-electron chi connectivity index (χ4n) is 4.06. The van der Waals surface area contributed by atoms with Gasteiger partial charge in [-0.25, -0.2) is 19.9 Å². The van der Waals surface area contributed by atoms with Crippen LogP contribution < -0.4 is 20.3 Å². The molecule has 0 atom stereocenters. The molecule has 2 aromatic carbocycles. The maximum atomic E-state index is 13.4. The molecule has 1 amide bonds. The van der Waals surface area contributed by atoms with Crippen molar-refractivity contribution in [1.82, 2.24) is 24.8 Å². The molecule has 0 radical (unpaired) electrons. The van der Waals surface area contributed by atoms with Crippen LogP contribution in [-0.4, -0.2) is 72.1 Å². The summed E-state index contributed by atoms with van der Waals surface area (Å²) < 4.78 is 5.51. The van der Waals surface area contributed by atoms with E-state index in [0.717, 1.165) is 29.9 Å². The van der Waals surface area contributed by atoms with Crippen molar-refractivity contribution in [2.24, 2.45) is 0 Å². The van der Waals surface area contributed by atoms with Gasteiger partial charge in [-0.1, -0.05) is 32.9 Å². The highest BCUT2D eigenvalue weighted by atomic mass is 16.5. The Morgan fingerprint density at radius 1 is 0.975 bits per heavy atom. The first-order valence-electron chi connectivity index (χ1n) is 13.2. The molecule has 4 aromatic rings. The zero-order valence-electron chi connectivity index (χ0n) is 24.5. The van der Waals surface area contributed by atoms with Gasteiger partial charge in [0.2, 0.25) is 5.95 Å². The number of carbonyl (C=O) groups excluding carboxylic acids is 1. The Balaban J connectivity index is 1.62. The molecule has 0 aliphatic rings. The number of rotatable bonds is 9. The van der Waals surface area contributed by atoms with E-state index < -0.39 is 0 Å². The zero-order valence-corrected chi connectivity index (χ0v) is 24.5. The highest BCUT2D eigenvalue weighted by Gasteiger charge is 2.18. The minimum atomic E-state index is -0.243. The summed E-state index contributed by atoms with van der Waals surface area (Å²) in [6.45, 7) is 10.0. The number of ether oxygens (including phenoxy) is 1. The van der Waals surface area contributed by atoms with Gasteiger partial charge in [0, 0.05) is 31.4 Å². The monoisotopic (exact) mass is 542 g/mol. The lowest BCUT2D eigenvalue weighted by atomic mass is 9.87. The van der Waals surface area contributed by atoms with Crippen LogP contribution in [0.2, 0.25) is 0 Å². The van der Waals surface area contributed by atoms with Crippen molar-refractivity contribution in [3.8, 4) is 5.75 Å². The van der Waals surface area contributed by atoms with Gasteiger partial charge in [-0.3, -0.25) is 4.79 Å². The number of hydrogen-bond donors (Lipinski definition) is 2. The summed E-state index contributed by atoms with van der Waals surface area (Å²) in [5.74, 6) is 1.48. The summed E-state index contributed by atoms with van der Waals surface area (Å²) >= 11 is 0. The normalized spacial score (nSPS) is 11.5. The average molecular weight is 543 g/mol. The number of amides is 1. The van der Waals surface area contributed by atoms with E-state index in [2.05, 4.69) is 51.3 Å². The first-order chi connectivity index (χ1) is 19.0. The number of fused-ring (bicyclic) bond motifs is 1. The molecule has 0 spiro atoms. The van der Waals surface area contributed by atoms with Gasteiger partial charge >= 0.3 is 0 Å². The molecule has 2 N–H and O–H groups in total. The molecule has 0 unspecified atom stereocenters. The van der Waals surface area contributed by atoms with Crippen molar-refractivity contribution >= 4 is 40.1 Å². The molecule has 40 heavy (non-hydrogen) atoms. The molecule has 0 bridgehead atoms. The summed E-state index contributed by atoms with van der Waals surface area (Å²) in [6, 6.07) is 11.4. The maximum Gasteiger partial charge on any atom is 0.255 e. The molecule has 0 aliphatic heterocycles. The zero-order chi connectivity index (χ0) is 29.0. The fourth-order valence-corrected chi connectivity index (χ4v) is 4.06. The molecule has 0 fully saturated rings. The Hall–Kier alpha value is -4.31. The lowest BCUT2D eigenvalue weighted by Gasteiger charge is -2.21. The van der Waals surface area contributed by atoms with E-state index in [-0.39, 0.29) is 11.3 Å². The van der Waals surface area contributed by atoms with Crippen molar-refractivity contribution < 1.29 is 9.53 Å². The summed E-state index contributed by atoms with van der Waals surface area (Å²) in [7, 11) is 7.61. The predicted molar refractivity (Wildman–Crippen MR) is 161 cm³/mol. The van der Waals surface area contributed by atoms with Crippen molar-refractivity contribution in [3.05, 3.63) is 65.6 Å². The molecular formula is C30H38N8O2. The molecule has 2 aromatic heterocycles. The van der Waals surface area contributed by atoms with Gasteiger partial charge in [0.05, 0.1) is 19.0 Å². The molecule has 210 valence electrons. The predicted octanol–water partition coefficient (Wildman–Crippen LogP) is 5.03. The first-order valence-corrected chi connectivity index (χ1v) is 13.2. The second-order valence-electron chi connectivity index (χ2n) is 11.1. The first kappa shape index (κ1) is 28.7. The largest absolute Gasteiger partial charge is 0.495 e. The maximum absolute atomic E-state index is 13.4. The molecule has 0 saturated carbocycles. The third-order valence-corrected chi connectivity index (χ3v) is 6.66. The third-order valence-electron chi connectivity index (χ3n) is 6.66. The van der Waals surface area contributed by atoms with E-state index in [0.29, 0.717) is 39.8 Å². The van der Waals surface area contributed by atoms with Crippen LogP contribution in [-0.2, 0) is 5.41 Å². The molecule has 10 nitrogen and oxygen atoms in total. The summed E-state index contributed by atoms with van der Waals surface area (Å²) in [5, 5.41) is 6.39. The van der Waals surface area contributed by atoms with Gasteiger partial charge in [0.1, 0.15) is 23.1 Å². The second kappa shape index (κ2) is 11.8. The van der Waals surface area contributed by atoms with E-state index in [4.69, 9.17) is 9.72 Å². The van der Waals surface area contributed by atoms with Crippen LogP contribution in [0.3, 0.4) is 0 Å². The summed E-state index contributed by atoms with van der Waals surface area (Å²) in [6.07, 6.45) is 3.18. The average Bonchev–Trinajstić information content (AvgIpc) is 2.92. The Morgan fingerprint density at radius 2 is 1.75 bits per heavy atom. The van der Waals surface area contributed by atoms with Crippen LogP contribution in [0.25, 0.3) is 11.0 Å². The van der Waals surface area contributed by atoms with Gasteiger partial charge in [-0.15, -0.1) is 0 Å². The number of likely N-dealkylation sites (N-methyl/N-ethyl adjacent to an activating group) is 2. The lowest BCUT2D eigenvalue weighted by molar-refractivity contribution is 0.102. The van der Waals surface area contributed by atoms with Gasteiger partial charge in [0.15, 0.2) is 5.82 Å². The van der Waals surface area contributed by atoms with Gasteiger partial charge in [-0.2, -0.15) is 0 Å². The fraction of sp³-hybridized carbons (Fsp3) is 0.367. The highest BCUT2D eigenvalue weighted by Crippen LogP contribution is 2.32. The van der Waals surface area contributed by atoms with E-state index >= 15 is 0 Å². The quantitative estimate of drug-likeness (QED) is 0.301. The number of methoxy groups -OCH3 is 1. The third kappa shape index (κ3) is 6.63. The van der Waals surface area contributed by atoms with Crippen molar-refractivity contribution in [2.45, 2.75) is 33.1 Å². The van der Waals surface area contributed by atoms with E-state index in [1.54, 1.807) is 19.4 Å². The number of benzene rings is 2. The van der Waals surface area contributed by atoms with Crippen LogP contribution in [0.15, 0.2) is 48.9 Å².